The first kappa shape index (κ1) is 15.5. The van der Waals surface area contributed by atoms with E-state index in [9.17, 15) is 5.26 Å². The summed E-state index contributed by atoms with van der Waals surface area (Å²) in [7, 11) is 0. The highest BCUT2D eigenvalue weighted by Gasteiger charge is 2.26. The summed E-state index contributed by atoms with van der Waals surface area (Å²) in [5, 5.41) is 11.6. The zero-order chi connectivity index (χ0) is 15.7. The highest BCUT2D eigenvalue weighted by atomic mass is 79.9. The Labute approximate surface area is 143 Å². The van der Waals surface area contributed by atoms with Crippen molar-refractivity contribution in [1.82, 2.24) is 4.98 Å². The fourth-order valence-electron chi connectivity index (χ4n) is 3.33. The van der Waals surface area contributed by atoms with Crippen molar-refractivity contribution >= 4 is 33.1 Å². The molecule has 22 heavy (non-hydrogen) atoms. The minimum atomic E-state index is 0.370. The maximum atomic E-state index is 9.56. The van der Waals surface area contributed by atoms with Crippen molar-refractivity contribution < 1.29 is 0 Å². The summed E-state index contributed by atoms with van der Waals surface area (Å²) in [6, 6.07) is 4.35. The molecule has 1 aliphatic rings. The second-order valence-electron chi connectivity index (χ2n) is 5.81. The van der Waals surface area contributed by atoms with E-state index in [0.29, 0.717) is 17.3 Å². The van der Waals surface area contributed by atoms with Gasteiger partial charge in [-0.25, -0.2) is 4.98 Å². The number of rotatable bonds is 3. The number of nitriles is 1. The maximum absolute atomic E-state index is 9.56. The molecule has 2 aromatic heterocycles. The van der Waals surface area contributed by atoms with Crippen molar-refractivity contribution in [3.05, 3.63) is 32.7 Å². The van der Waals surface area contributed by atoms with Crippen LogP contribution in [0.3, 0.4) is 0 Å². The fourth-order valence-corrected chi connectivity index (χ4v) is 4.84. The third kappa shape index (κ3) is 2.78. The van der Waals surface area contributed by atoms with E-state index in [-0.39, 0.29) is 0 Å². The number of halogens is 1. The molecule has 1 unspecified atom stereocenters. The minimum absolute atomic E-state index is 0.370. The molecule has 0 saturated heterocycles. The van der Waals surface area contributed by atoms with E-state index in [4.69, 9.17) is 5.73 Å². The van der Waals surface area contributed by atoms with Crippen LogP contribution in [0, 0.1) is 17.2 Å². The molecule has 1 atom stereocenters. The molecule has 3 rings (SSSR count). The van der Waals surface area contributed by atoms with E-state index in [1.165, 1.54) is 24.8 Å². The molecule has 2 heterocycles. The Bertz CT molecular complexity index is 745. The van der Waals surface area contributed by atoms with E-state index in [0.717, 1.165) is 33.4 Å². The predicted molar refractivity (Wildman–Crippen MR) is 94.8 cm³/mol. The largest absolute Gasteiger partial charge is 0.383 e. The summed E-state index contributed by atoms with van der Waals surface area (Å²) in [5.74, 6) is 1.06. The molecule has 0 bridgehead atoms. The molecule has 0 amide bonds. The average Bonchev–Trinajstić information content (AvgIpc) is 2.92. The average molecular weight is 376 g/mol. The summed E-state index contributed by atoms with van der Waals surface area (Å²) >= 11 is 5.15. The molecular weight excluding hydrogens is 358 g/mol. The summed E-state index contributed by atoms with van der Waals surface area (Å²) in [6.45, 7) is 2.23. The Balaban J connectivity index is 2.18. The van der Waals surface area contributed by atoms with Crippen LogP contribution in [0.2, 0.25) is 0 Å². The number of aryl methyl sites for hydroxylation is 1. The van der Waals surface area contributed by atoms with Gasteiger partial charge in [0.25, 0.3) is 0 Å². The van der Waals surface area contributed by atoms with E-state index < -0.39 is 0 Å². The van der Waals surface area contributed by atoms with Crippen molar-refractivity contribution in [1.29, 1.82) is 5.26 Å². The lowest BCUT2D eigenvalue weighted by atomic mass is 9.81. The van der Waals surface area contributed by atoms with Crippen LogP contribution >= 0.6 is 27.3 Å². The lowest BCUT2D eigenvalue weighted by Gasteiger charge is -2.26. The highest BCUT2D eigenvalue weighted by Crippen LogP contribution is 2.41. The number of pyridine rings is 1. The second kappa shape index (κ2) is 6.39. The Kier molecular flexibility index (Phi) is 4.51. The lowest BCUT2D eigenvalue weighted by molar-refractivity contribution is 0.419. The minimum Gasteiger partial charge on any atom is -0.383 e. The molecule has 0 saturated carbocycles. The molecular formula is C17H18BrN3S. The van der Waals surface area contributed by atoms with E-state index >= 15 is 0 Å². The van der Waals surface area contributed by atoms with Crippen LogP contribution < -0.4 is 5.73 Å². The lowest BCUT2D eigenvalue weighted by Crippen LogP contribution is -2.18. The maximum Gasteiger partial charge on any atom is 0.142 e. The first-order valence-corrected chi connectivity index (χ1v) is 9.27. The number of hydrogen-bond donors (Lipinski definition) is 1. The summed E-state index contributed by atoms with van der Waals surface area (Å²) in [6.07, 6.45) is 5.59. The van der Waals surface area contributed by atoms with Gasteiger partial charge in [0.15, 0.2) is 0 Å². The van der Waals surface area contributed by atoms with Crippen LogP contribution in [0.4, 0.5) is 5.82 Å². The Morgan fingerprint density at radius 2 is 2.36 bits per heavy atom. The quantitative estimate of drug-likeness (QED) is 0.826. The molecule has 3 nitrogen and oxygen atoms in total. The number of fused-ring (bicyclic) bond motifs is 1. The van der Waals surface area contributed by atoms with Crippen molar-refractivity contribution in [2.24, 2.45) is 5.92 Å². The monoisotopic (exact) mass is 375 g/mol. The van der Waals surface area contributed by atoms with Crippen molar-refractivity contribution in [3.63, 3.8) is 0 Å². The van der Waals surface area contributed by atoms with Crippen LogP contribution in [-0.2, 0) is 12.8 Å². The molecule has 0 radical (unpaired) electrons. The van der Waals surface area contributed by atoms with Crippen LogP contribution in [0.5, 0.6) is 0 Å². The summed E-state index contributed by atoms with van der Waals surface area (Å²) in [5.41, 5.74) is 9.93. The molecule has 0 spiro atoms. The number of thiophene rings is 1. The molecule has 0 fully saturated rings. The van der Waals surface area contributed by atoms with Gasteiger partial charge in [-0.1, -0.05) is 19.8 Å². The van der Waals surface area contributed by atoms with Gasteiger partial charge >= 0.3 is 0 Å². The van der Waals surface area contributed by atoms with Gasteiger partial charge < -0.3 is 5.73 Å². The van der Waals surface area contributed by atoms with Crippen LogP contribution in [-0.4, -0.2) is 4.98 Å². The van der Waals surface area contributed by atoms with Gasteiger partial charge in [0.1, 0.15) is 17.5 Å². The van der Waals surface area contributed by atoms with Gasteiger partial charge in [-0.2, -0.15) is 5.26 Å². The first-order valence-electron chi connectivity index (χ1n) is 7.59. The van der Waals surface area contributed by atoms with E-state index in [1.807, 2.05) is 5.38 Å². The molecule has 1 aliphatic carbocycles. The first-order chi connectivity index (χ1) is 10.6. The Morgan fingerprint density at radius 1 is 1.55 bits per heavy atom. The highest BCUT2D eigenvalue weighted by molar-refractivity contribution is 9.10. The van der Waals surface area contributed by atoms with E-state index in [1.54, 1.807) is 11.3 Å². The molecule has 2 aromatic rings. The number of nitrogens with zero attached hydrogens (tertiary/aromatic N) is 2. The molecule has 114 valence electrons. The Hall–Kier alpha value is -1.38. The topological polar surface area (TPSA) is 62.7 Å². The van der Waals surface area contributed by atoms with Gasteiger partial charge in [0.2, 0.25) is 0 Å². The third-order valence-electron chi connectivity index (χ3n) is 4.32. The predicted octanol–water partition coefficient (Wildman–Crippen LogP) is 4.93. The fraction of sp³-hybridized carbons (Fsp3) is 0.412. The normalized spacial score (nSPS) is 17.0. The second-order valence-corrected chi connectivity index (χ2v) is 7.64. The summed E-state index contributed by atoms with van der Waals surface area (Å²) in [4.78, 5) is 5.62. The van der Waals surface area contributed by atoms with Crippen molar-refractivity contribution in [2.75, 3.05) is 5.73 Å². The number of nitrogens with two attached hydrogens (primary N) is 1. The zero-order valence-electron chi connectivity index (χ0n) is 12.5. The number of anilines is 1. The number of nitrogen functional groups attached to an aromatic ring is 1. The van der Waals surface area contributed by atoms with Crippen molar-refractivity contribution in [3.8, 4) is 16.5 Å². The molecule has 2 N–H and O–H groups in total. The SMILES string of the molecule is CCCC1CCc2nc(N)c(C#N)c(-c3cc(Br)cs3)c2C1. The van der Waals surface area contributed by atoms with Crippen LogP contribution in [0.25, 0.3) is 10.4 Å². The van der Waals surface area contributed by atoms with Gasteiger partial charge in [0.05, 0.1) is 0 Å². The van der Waals surface area contributed by atoms with E-state index in [2.05, 4.69) is 40.0 Å². The van der Waals surface area contributed by atoms with Crippen molar-refractivity contribution in [2.45, 2.75) is 39.0 Å². The molecule has 0 aromatic carbocycles. The van der Waals surface area contributed by atoms with Gasteiger partial charge in [-0.05, 0) is 52.7 Å². The number of aromatic nitrogens is 1. The summed E-state index contributed by atoms with van der Waals surface area (Å²) < 4.78 is 1.04. The standard InChI is InChI=1S/C17H18BrN3S/c1-2-3-10-4-5-14-12(6-10)16(13(8-19)17(20)21-14)15-7-11(18)9-22-15/h7,9-10H,2-6H2,1H3,(H2,20,21). The van der Waals surface area contributed by atoms with Crippen LogP contribution in [0.15, 0.2) is 15.9 Å². The third-order valence-corrected chi connectivity index (χ3v) is 6.03. The smallest absolute Gasteiger partial charge is 0.142 e. The number of hydrogen-bond acceptors (Lipinski definition) is 4. The Morgan fingerprint density at radius 3 is 3.00 bits per heavy atom. The zero-order valence-corrected chi connectivity index (χ0v) is 14.9. The van der Waals surface area contributed by atoms with Crippen LogP contribution in [0.1, 0.15) is 43.0 Å². The van der Waals surface area contributed by atoms with Gasteiger partial charge in [-0.3, -0.25) is 0 Å². The van der Waals surface area contributed by atoms with Gasteiger partial charge in [-0.15, -0.1) is 11.3 Å². The molecule has 0 aliphatic heterocycles. The molecule has 5 heteroatoms. The van der Waals surface area contributed by atoms with Gasteiger partial charge in [0, 0.05) is 26.0 Å².